The summed E-state index contributed by atoms with van der Waals surface area (Å²) in [7, 11) is 0. The molecule has 0 fully saturated rings. The van der Waals surface area contributed by atoms with E-state index in [4.69, 9.17) is 4.74 Å². The molecule has 0 saturated carbocycles. The van der Waals surface area contributed by atoms with Gasteiger partial charge in [-0.1, -0.05) is 6.07 Å². The van der Waals surface area contributed by atoms with Gasteiger partial charge in [0.05, 0.1) is 6.20 Å². The SMILES string of the molecule is Cc1ccc(OCCNCCc2cccs2)cn1. The summed E-state index contributed by atoms with van der Waals surface area (Å²) >= 11 is 1.81. The van der Waals surface area contributed by atoms with E-state index in [0.717, 1.165) is 31.0 Å². The highest BCUT2D eigenvalue weighted by Crippen LogP contribution is 2.08. The molecule has 0 aliphatic carbocycles. The molecule has 0 aromatic carbocycles. The fourth-order valence-corrected chi connectivity index (χ4v) is 2.28. The zero-order chi connectivity index (χ0) is 12.6. The van der Waals surface area contributed by atoms with Crippen LogP contribution in [0.5, 0.6) is 5.75 Å². The van der Waals surface area contributed by atoms with Crippen LogP contribution in [0.3, 0.4) is 0 Å². The number of ether oxygens (including phenoxy) is 1. The average Bonchev–Trinajstić information content (AvgIpc) is 2.89. The Balaban J connectivity index is 1.55. The second-order valence-corrected chi connectivity index (χ2v) is 5.10. The van der Waals surface area contributed by atoms with Gasteiger partial charge in [0.2, 0.25) is 0 Å². The molecule has 2 aromatic heterocycles. The molecule has 0 aliphatic rings. The van der Waals surface area contributed by atoms with Crippen LogP contribution >= 0.6 is 11.3 Å². The van der Waals surface area contributed by atoms with Crippen molar-refractivity contribution in [3.05, 3.63) is 46.4 Å². The van der Waals surface area contributed by atoms with Crippen LogP contribution < -0.4 is 10.1 Å². The number of thiophene rings is 1. The smallest absolute Gasteiger partial charge is 0.137 e. The first-order valence-electron chi connectivity index (χ1n) is 6.13. The predicted molar refractivity (Wildman–Crippen MR) is 75.4 cm³/mol. The molecular weight excluding hydrogens is 244 g/mol. The Labute approximate surface area is 112 Å². The molecule has 0 radical (unpaired) electrons. The highest BCUT2D eigenvalue weighted by atomic mass is 32.1. The Kier molecular flexibility index (Phi) is 5.17. The Morgan fingerprint density at radius 2 is 2.22 bits per heavy atom. The zero-order valence-corrected chi connectivity index (χ0v) is 11.4. The van der Waals surface area contributed by atoms with Crippen LogP contribution in [0, 0.1) is 6.92 Å². The molecule has 18 heavy (non-hydrogen) atoms. The molecule has 0 atom stereocenters. The molecule has 0 saturated heterocycles. The summed E-state index contributed by atoms with van der Waals surface area (Å²) in [5, 5.41) is 5.48. The number of hydrogen-bond donors (Lipinski definition) is 1. The van der Waals surface area contributed by atoms with E-state index in [9.17, 15) is 0 Å². The van der Waals surface area contributed by atoms with Gasteiger partial charge in [-0.15, -0.1) is 11.3 Å². The molecule has 2 rings (SSSR count). The summed E-state index contributed by atoms with van der Waals surface area (Å²) in [5.41, 5.74) is 1.01. The van der Waals surface area contributed by atoms with Crippen LogP contribution in [0.25, 0.3) is 0 Å². The van der Waals surface area contributed by atoms with Gasteiger partial charge in [0.1, 0.15) is 12.4 Å². The van der Waals surface area contributed by atoms with Gasteiger partial charge in [0, 0.05) is 23.7 Å². The lowest BCUT2D eigenvalue weighted by atomic mass is 10.3. The highest BCUT2D eigenvalue weighted by Gasteiger charge is 1.95. The molecule has 96 valence electrons. The first kappa shape index (κ1) is 13.1. The summed E-state index contributed by atoms with van der Waals surface area (Å²) in [6.07, 6.45) is 2.85. The van der Waals surface area contributed by atoms with E-state index in [1.54, 1.807) is 17.5 Å². The van der Waals surface area contributed by atoms with Crippen molar-refractivity contribution in [1.29, 1.82) is 0 Å². The van der Waals surface area contributed by atoms with Crippen molar-refractivity contribution in [2.45, 2.75) is 13.3 Å². The van der Waals surface area contributed by atoms with Crippen molar-refractivity contribution >= 4 is 11.3 Å². The first-order chi connectivity index (χ1) is 8.84. The Morgan fingerprint density at radius 3 is 2.94 bits per heavy atom. The third kappa shape index (κ3) is 4.47. The molecule has 0 amide bonds. The maximum atomic E-state index is 5.58. The maximum Gasteiger partial charge on any atom is 0.137 e. The summed E-state index contributed by atoms with van der Waals surface area (Å²) in [6, 6.07) is 8.17. The fraction of sp³-hybridized carbons (Fsp3) is 0.357. The van der Waals surface area contributed by atoms with E-state index in [1.807, 2.05) is 19.1 Å². The van der Waals surface area contributed by atoms with Crippen LogP contribution in [0.15, 0.2) is 35.8 Å². The van der Waals surface area contributed by atoms with Gasteiger partial charge in [-0.2, -0.15) is 0 Å². The third-order valence-corrected chi connectivity index (χ3v) is 3.50. The summed E-state index contributed by atoms with van der Waals surface area (Å²) < 4.78 is 5.58. The molecule has 4 heteroatoms. The summed E-state index contributed by atoms with van der Waals surface area (Å²) in [5.74, 6) is 0.834. The predicted octanol–water partition coefficient (Wildman–Crippen LogP) is 2.66. The number of aryl methyl sites for hydroxylation is 1. The van der Waals surface area contributed by atoms with E-state index < -0.39 is 0 Å². The van der Waals surface area contributed by atoms with E-state index in [-0.39, 0.29) is 0 Å². The summed E-state index contributed by atoms with van der Waals surface area (Å²) in [4.78, 5) is 5.61. The number of aromatic nitrogens is 1. The van der Waals surface area contributed by atoms with Crippen LogP contribution in [-0.2, 0) is 6.42 Å². The van der Waals surface area contributed by atoms with Crippen molar-refractivity contribution < 1.29 is 4.74 Å². The Bertz CT molecular complexity index is 439. The van der Waals surface area contributed by atoms with Crippen molar-refractivity contribution in [2.75, 3.05) is 19.7 Å². The normalized spacial score (nSPS) is 10.5. The molecule has 0 spiro atoms. The van der Waals surface area contributed by atoms with Gasteiger partial charge >= 0.3 is 0 Å². The fourth-order valence-electron chi connectivity index (χ4n) is 1.57. The third-order valence-electron chi connectivity index (χ3n) is 2.56. The number of hydrogen-bond acceptors (Lipinski definition) is 4. The monoisotopic (exact) mass is 262 g/mol. The summed E-state index contributed by atoms with van der Waals surface area (Å²) in [6.45, 7) is 4.50. The van der Waals surface area contributed by atoms with E-state index in [0.29, 0.717) is 6.61 Å². The second kappa shape index (κ2) is 7.13. The van der Waals surface area contributed by atoms with Crippen LogP contribution in [-0.4, -0.2) is 24.7 Å². The van der Waals surface area contributed by atoms with Crippen LogP contribution in [0.4, 0.5) is 0 Å². The van der Waals surface area contributed by atoms with Gasteiger partial charge in [-0.25, -0.2) is 0 Å². The second-order valence-electron chi connectivity index (χ2n) is 4.06. The molecule has 2 aromatic rings. The minimum absolute atomic E-state index is 0.676. The number of nitrogens with zero attached hydrogens (tertiary/aromatic N) is 1. The Morgan fingerprint density at radius 1 is 1.28 bits per heavy atom. The van der Waals surface area contributed by atoms with Gasteiger partial charge in [-0.05, 0) is 36.9 Å². The molecule has 0 aliphatic heterocycles. The highest BCUT2D eigenvalue weighted by molar-refractivity contribution is 7.09. The zero-order valence-electron chi connectivity index (χ0n) is 10.6. The van der Waals surface area contributed by atoms with Crippen molar-refractivity contribution in [3.8, 4) is 5.75 Å². The minimum Gasteiger partial charge on any atom is -0.491 e. The quantitative estimate of drug-likeness (QED) is 0.779. The van der Waals surface area contributed by atoms with Crippen LogP contribution in [0.2, 0.25) is 0 Å². The van der Waals surface area contributed by atoms with E-state index >= 15 is 0 Å². The lowest BCUT2D eigenvalue weighted by Crippen LogP contribution is -2.23. The average molecular weight is 262 g/mol. The van der Waals surface area contributed by atoms with E-state index in [2.05, 4.69) is 27.8 Å². The molecule has 3 nitrogen and oxygen atoms in total. The van der Waals surface area contributed by atoms with Crippen LogP contribution in [0.1, 0.15) is 10.6 Å². The first-order valence-corrected chi connectivity index (χ1v) is 7.01. The maximum absolute atomic E-state index is 5.58. The molecule has 1 N–H and O–H groups in total. The van der Waals surface area contributed by atoms with Crippen molar-refractivity contribution in [3.63, 3.8) is 0 Å². The largest absolute Gasteiger partial charge is 0.491 e. The molecule has 0 bridgehead atoms. The van der Waals surface area contributed by atoms with Gasteiger partial charge in [0.15, 0.2) is 0 Å². The van der Waals surface area contributed by atoms with Crippen molar-refractivity contribution in [2.24, 2.45) is 0 Å². The number of rotatable bonds is 7. The van der Waals surface area contributed by atoms with E-state index in [1.165, 1.54) is 4.88 Å². The van der Waals surface area contributed by atoms with Gasteiger partial charge in [0.25, 0.3) is 0 Å². The lowest BCUT2D eigenvalue weighted by Gasteiger charge is -2.07. The minimum atomic E-state index is 0.676. The number of pyridine rings is 1. The molecule has 0 unspecified atom stereocenters. The Hall–Kier alpha value is -1.39. The topological polar surface area (TPSA) is 34.1 Å². The standard InChI is InChI=1S/C14H18N2OS/c1-12-4-5-13(11-16-12)17-9-8-15-7-6-14-3-2-10-18-14/h2-5,10-11,15H,6-9H2,1H3. The molecular formula is C14H18N2OS. The molecule has 2 heterocycles. The van der Waals surface area contributed by atoms with Crippen molar-refractivity contribution in [1.82, 2.24) is 10.3 Å². The van der Waals surface area contributed by atoms with Gasteiger partial charge in [-0.3, -0.25) is 4.98 Å². The number of nitrogens with one attached hydrogen (secondary N) is 1. The lowest BCUT2D eigenvalue weighted by molar-refractivity contribution is 0.313. The van der Waals surface area contributed by atoms with Gasteiger partial charge < -0.3 is 10.1 Å².